The van der Waals surface area contributed by atoms with Crippen molar-refractivity contribution in [2.24, 2.45) is 0 Å². The van der Waals surface area contributed by atoms with Gasteiger partial charge in [0.05, 0.1) is 5.56 Å². The summed E-state index contributed by atoms with van der Waals surface area (Å²) >= 11 is 0. The molecule has 0 fully saturated rings. The van der Waals surface area contributed by atoms with E-state index < -0.39 is 5.97 Å². The van der Waals surface area contributed by atoms with Gasteiger partial charge in [0.15, 0.2) is 0 Å². The van der Waals surface area contributed by atoms with Gasteiger partial charge in [0.1, 0.15) is 0 Å². The van der Waals surface area contributed by atoms with E-state index in [0.29, 0.717) is 5.56 Å². The van der Waals surface area contributed by atoms with Crippen molar-refractivity contribution in [1.82, 2.24) is 0 Å². The van der Waals surface area contributed by atoms with Crippen molar-refractivity contribution in [1.29, 1.82) is 0 Å². The molecule has 2 nitrogen and oxygen atoms in total. The average molecular weight is 247 g/mol. The van der Waals surface area contributed by atoms with E-state index in [2.05, 4.69) is 6.07 Å². The Morgan fingerprint density at radius 2 is 1.74 bits per heavy atom. The highest BCUT2D eigenvalue weighted by molar-refractivity contribution is 5.97. The van der Waals surface area contributed by atoms with Crippen LogP contribution in [0.2, 0.25) is 0 Å². The van der Waals surface area contributed by atoms with E-state index in [9.17, 15) is 4.79 Å². The maximum atomic E-state index is 10.9. The Morgan fingerprint density at radius 3 is 2.47 bits per heavy atom. The minimum Gasteiger partial charge on any atom is -0.478 e. The molecule has 1 N–H and O–H groups in total. The number of carboxylic acid groups (broad SMARTS) is 1. The molecule has 0 saturated heterocycles. The number of carboxylic acids is 1. The molecule has 0 saturated carbocycles. The standard InChI is InChI=1S/C17H11O2/c18-17(19)14-10-8-13(9-11-14)16-7-3-5-12-4-1-2-6-15(12)16/h1-3,5-11H,(H,18,19). The number of hydrogen-bond acceptors (Lipinski definition) is 1. The van der Waals surface area contributed by atoms with Gasteiger partial charge < -0.3 is 5.11 Å². The topological polar surface area (TPSA) is 37.3 Å². The molecular formula is C17H11O2. The van der Waals surface area contributed by atoms with Crippen molar-refractivity contribution in [2.45, 2.75) is 0 Å². The van der Waals surface area contributed by atoms with Crippen LogP contribution < -0.4 is 0 Å². The molecule has 0 heterocycles. The molecule has 0 spiro atoms. The monoisotopic (exact) mass is 247 g/mol. The van der Waals surface area contributed by atoms with Gasteiger partial charge in [-0.15, -0.1) is 0 Å². The number of fused-ring (bicyclic) bond motifs is 1. The van der Waals surface area contributed by atoms with Crippen LogP contribution in [-0.4, -0.2) is 11.1 Å². The van der Waals surface area contributed by atoms with Gasteiger partial charge in [-0.05, 0) is 40.1 Å². The molecule has 2 heteroatoms. The van der Waals surface area contributed by atoms with Crippen LogP contribution in [0.4, 0.5) is 0 Å². The highest BCUT2D eigenvalue weighted by Gasteiger charge is 2.05. The fraction of sp³-hybridized carbons (Fsp3) is 0. The van der Waals surface area contributed by atoms with Crippen LogP contribution >= 0.6 is 0 Å². The summed E-state index contributed by atoms with van der Waals surface area (Å²) in [5, 5.41) is 11.1. The van der Waals surface area contributed by atoms with Gasteiger partial charge in [0, 0.05) is 0 Å². The molecule has 19 heavy (non-hydrogen) atoms. The molecule has 0 aromatic heterocycles. The molecule has 0 unspecified atom stereocenters. The Bertz CT molecular complexity index is 737. The van der Waals surface area contributed by atoms with Gasteiger partial charge >= 0.3 is 5.97 Å². The zero-order valence-corrected chi connectivity index (χ0v) is 10.1. The number of carbonyl (C=O) groups is 1. The molecule has 0 atom stereocenters. The lowest BCUT2D eigenvalue weighted by molar-refractivity contribution is 0.0697. The summed E-state index contributed by atoms with van der Waals surface area (Å²) in [6.45, 7) is 0. The first-order valence-electron chi connectivity index (χ1n) is 5.99. The van der Waals surface area contributed by atoms with Crippen LogP contribution in [0.15, 0.2) is 60.7 Å². The molecule has 0 aliphatic rings. The van der Waals surface area contributed by atoms with Crippen LogP contribution in [0.1, 0.15) is 10.4 Å². The molecule has 0 amide bonds. The Labute approximate surface area is 110 Å². The maximum absolute atomic E-state index is 10.9. The Balaban J connectivity index is 2.16. The van der Waals surface area contributed by atoms with E-state index in [-0.39, 0.29) is 0 Å². The van der Waals surface area contributed by atoms with Gasteiger partial charge in [-0.3, -0.25) is 0 Å². The van der Waals surface area contributed by atoms with Crippen molar-refractivity contribution >= 4 is 16.7 Å². The van der Waals surface area contributed by atoms with E-state index in [1.165, 1.54) is 0 Å². The second kappa shape index (κ2) is 4.58. The summed E-state index contributed by atoms with van der Waals surface area (Å²) in [6.07, 6.45) is 0. The summed E-state index contributed by atoms with van der Waals surface area (Å²) in [5.74, 6) is -0.905. The summed E-state index contributed by atoms with van der Waals surface area (Å²) in [4.78, 5) is 10.9. The third-order valence-corrected chi connectivity index (χ3v) is 3.15. The smallest absolute Gasteiger partial charge is 0.335 e. The lowest BCUT2D eigenvalue weighted by Gasteiger charge is -2.06. The number of aromatic carboxylic acids is 1. The van der Waals surface area contributed by atoms with Crippen molar-refractivity contribution in [3.05, 3.63) is 72.3 Å². The molecule has 91 valence electrons. The van der Waals surface area contributed by atoms with Gasteiger partial charge in [0.2, 0.25) is 0 Å². The predicted octanol–water partition coefficient (Wildman–Crippen LogP) is 4.01. The zero-order valence-electron chi connectivity index (χ0n) is 10.1. The molecule has 1 radical (unpaired) electrons. The molecule has 0 aliphatic carbocycles. The molecule has 3 rings (SSSR count). The first kappa shape index (κ1) is 11.5. The molecule has 3 aromatic carbocycles. The third kappa shape index (κ3) is 2.08. The van der Waals surface area contributed by atoms with Crippen molar-refractivity contribution in [3.63, 3.8) is 0 Å². The Hall–Kier alpha value is -2.61. The SMILES string of the molecule is O=C(O)c1ccc(-c2cccc3[c]cccc23)cc1. The van der Waals surface area contributed by atoms with Crippen LogP contribution in [0, 0.1) is 6.07 Å². The highest BCUT2D eigenvalue weighted by Crippen LogP contribution is 2.28. The highest BCUT2D eigenvalue weighted by atomic mass is 16.4. The molecule has 0 bridgehead atoms. The summed E-state index contributed by atoms with van der Waals surface area (Å²) < 4.78 is 0. The molecule has 0 aliphatic heterocycles. The van der Waals surface area contributed by atoms with Gasteiger partial charge in [0.25, 0.3) is 0 Å². The minimum absolute atomic E-state index is 0.301. The van der Waals surface area contributed by atoms with Gasteiger partial charge in [-0.25, -0.2) is 4.79 Å². The van der Waals surface area contributed by atoms with Gasteiger partial charge in [-0.2, -0.15) is 0 Å². The Kier molecular flexibility index (Phi) is 2.76. The van der Waals surface area contributed by atoms with E-state index in [1.807, 2.05) is 48.5 Å². The quantitative estimate of drug-likeness (QED) is 0.743. The summed E-state index contributed by atoms with van der Waals surface area (Å²) in [7, 11) is 0. The Morgan fingerprint density at radius 1 is 0.947 bits per heavy atom. The summed E-state index contributed by atoms with van der Waals surface area (Å²) in [6, 6.07) is 22.1. The normalized spacial score (nSPS) is 10.5. The van der Waals surface area contributed by atoms with Crippen molar-refractivity contribution < 1.29 is 9.90 Å². The average Bonchev–Trinajstić information content (AvgIpc) is 2.47. The second-order valence-corrected chi connectivity index (χ2v) is 4.32. The second-order valence-electron chi connectivity index (χ2n) is 4.32. The number of hydrogen-bond donors (Lipinski definition) is 1. The van der Waals surface area contributed by atoms with Crippen molar-refractivity contribution in [3.8, 4) is 11.1 Å². The van der Waals surface area contributed by atoms with Crippen LogP contribution in [0.3, 0.4) is 0 Å². The number of rotatable bonds is 2. The molecule has 3 aromatic rings. The van der Waals surface area contributed by atoms with E-state index in [0.717, 1.165) is 21.9 Å². The number of benzene rings is 3. The fourth-order valence-corrected chi connectivity index (χ4v) is 2.20. The van der Waals surface area contributed by atoms with Crippen LogP contribution in [0.5, 0.6) is 0 Å². The summed E-state index contributed by atoms with van der Waals surface area (Å²) in [5.41, 5.74) is 2.40. The predicted molar refractivity (Wildman–Crippen MR) is 75.2 cm³/mol. The largest absolute Gasteiger partial charge is 0.478 e. The lowest BCUT2D eigenvalue weighted by Crippen LogP contribution is -1.95. The van der Waals surface area contributed by atoms with Crippen LogP contribution in [-0.2, 0) is 0 Å². The van der Waals surface area contributed by atoms with E-state index in [1.54, 1.807) is 12.1 Å². The first-order chi connectivity index (χ1) is 9.25. The van der Waals surface area contributed by atoms with E-state index in [4.69, 9.17) is 5.11 Å². The van der Waals surface area contributed by atoms with Crippen LogP contribution in [0.25, 0.3) is 21.9 Å². The first-order valence-corrected chi connectivity index (χ1v) is 5.99. The third-order valence-electron chi connectivity index (χ3n) is 3.15. The lowest BCUT2D eigenvalue weighted by atomic mass is 9.97. The maximum Gasteiger partial charge on any atom is 0.335 e. The van der Waals surface area contributed by atoms with Crippen molar-refractivity contribution in [2.75, 3.05) is 0 Å². The zero-order chi connectivity index (χ0) is 13.2. The van der Waals surface area contributed by atoms with E-state index >= 15 is 0 Å². The fourth-order valence-electron chi connectivity index (χ4n) is 2.20. The van der Waals surface area contributed by atoms with Gasteiger partial charge in [-0.1, -0.05) is 48.5 Å². The molecular weight excluding hydrogens is 236 g/mol. The minimum atomic E-state index is -0.905.